The van der Waals surface area contributed by atoms with Crippen molar-refractivity contribution in [2.45, 2.75) is 33.2 Å². The van der Waals surface area contributed by atoms with E-state index in [4.69, 9.17) is 0 Å². The second-order valence-corrected chi connectivity index (χ2v) is 8.87. The van der Waals surface area contributed by atoms with Gasteiger partial charge in [-0.3, -0.25) is 19.3 Å². The molecule has 0 aliphatic carbocycles. The fraction of sp³-hybridized carbons (Fsp3) is 0.192. The largest absolute Gasteiger partial charge is 0.354 e. The van der Waals surface area contributed by atoms with Gasteiger partial charge in [-0.1, -0.05) is 29.8 Å². The van der Waals surface area contributed by atoms with Crippen LogP contribution in [0.15, 0.2) is 66.7 Å². The number of nitrogens with zero attached hydrogens (tertiary/aromatic N) is 1. The van der Waals surface area contributed by atoms with Crippen molar-refractivity contribution < 1.29 is 14.4 Å². The van der Waals surface area contributed by atoms with Crippen molar-refractivity contribution in [1.82, 2.24) is 4.90 Å². The van der Waals surface area contributed by atoms with Crippen molar-refractivity contribution in [3.63, 3.8) is 0 Å². The molecule has 0 radical (unpaired) electrons. The van der Waals surface area contributed by atoms with Gasteiger partial charge in [0, 0.05) is 16.8 Å². The summed E-state index contributed by atoms with van der Waals surface area (Å²) in [4.78, 5) is 39.7. The zero-order valence-electron chi connectivity index (χ0n) is 18.5. The van der Waals surface area contributed by atoms with E-state index in [0.29, 0.717) is 16.8 Å². The summed E-state index contributed by atoms with van der Waals surface area (Å²) in [5.74, 6) is -1.08. The molecule has 0 atom stereocenters. The number of para-hydroxylation sites is 2. The van der Waals surface area contributed by atoms with Gasteiger partial charge in [0.2, 0.25) is 0 Å². The Kier molecular flexibility index (Phi) is 5.30. The van der Waals surface area contributed by atoms with Gasteiger partial charge in [-0.2, -0.15) is 0 Å². The molecular weight excluding hydrogens is 402 g/mol. The Morgan fingerprint density at radius 1 is 0.812 bits per heavy atom. The van der Waals surface area contributed by atoms with Crippen molar-refractivity contribution >= 4 is 34.8 Å². The first-order chi connectivity index (χ1) is 15.1. The predicted octanol–water partition coefficient (Wildman–Crippen LogP) is 5.39. The fourth-order valence-corrected chi connectivity index (χ4v) is 3.68. The van der Waals surface area contributed by atoms with Crippen molar-refractivity contribution in [1.29, 1.82) is 0 Å². The first-order valence-electron chi connectivity index (χ1n) is 10.4. The number of amides is 3. The van der Waals surface area contributed by atoms with Crippen LogP contribution in [0.5, 0.6) is 0 Å². The molecule has 0 bridgehead atoms. The smallest absolute Gasteiger partial charge is 0.262 e. The lowest BCUT2D eigenvalue weighted by Crippen LogP contribution is -2.45. The molecule has 32 heavy (non-hydrogen) atoms. The van der Waals surface area contributed by atoms with Gasteiger partial charge in [0.15, 0.2) is 0 Å². The van der Waals surface area contributed by atoms with E-state index in [1.165, 1.54) is 11.0 Å². The van der Waals surface area contributed by atoms with Gasteiger partial charge in [-0.15, -0.1) is 0 Å². The highest BCUT2D eigenvalue weighted by Gasteiger charge is 2.42. The Morgan fingerprint density at radius 2 is 1.44 bits per heavy atom. The van der Waals surface area contributed by atoms with Gasteiger partial charge in [0.25, 0.3) is 17.7 Å². The Morgan fingerprint density at radius 3 is 2.09 bits per heavy atom. The molecule has 4 rings (SSSR count). The lowest BCUT2D eigenvalue weighted by molar-refractivity contribution is 0.0507. The number of nitrogens with one attached hydrogen (secondary N) is 2. The maximum absolute atomic E-state index is 13.0. The number of aryl methyl sites for hydroxylation is 1. The van der Waals surface area contributed by atoms with E-state index in [2.05, 4.69) is 10.6 Å². The van der Waals surface area contributed by atoms with Gasteiger partial charge >= 0.3 is 0 Å². The molecular formula is C26H25N3O3. The number of hydrogen-bond acceptors (Lipinski definition) is 4. The standard InChI is InChI=1S/C26H25N3O3/c1-16-9-12-18(13-10-16)27-21-7-5-6-8-22(21)28-23(30)17-11-14-19-20(15-17)25(32)29(24(19)31)26(2,3)4/h5-15,27H,1-4H3,(H,28,30). The van der Waals surface area contributed by atoms with Gasteiger partial charge in [-0.05, 0) is 70.2 Å². The molecule has 0 spiro atoms. The molecule has 3 aromatic rings. The lowest BCUT2D eigenvalue weighted by Gasteiger charge is -2.29. The van der Waals surface area contributed by atoms with Crippen molar-refractivity contribution in [3.05, 3.63) is 89.0 Å². The summed E-state index contributed by atoms with van der Waals surface area (Å²) >= 11 is 0. The van der Waals surface area contributed by atoms with Crippen molar-refractivity contribution in [3.8, 4) is 0 Å². The molecule has 0 aromatic heterocycles. The number of anilines is 3. The number of fused-ring (bicyclic) bond motifs is 1. The summed E-state index contributed by atoms with van der Waals surface area (Å²) in [6.07, 6.45) is 0. The van der Waals surface area contributed by atoms with Crippen molar-refractivity contribution in [2.75, 3.05) is 10.6 Å². The molecule has 0 saturated carbocycles. The Labute approximate surface area is 187 Å². The SMILES string of the molecule is Cc1ccc(Nc2ccccc2NC(=O)c2ccc3c(c2)C(=O)N(C(C)(C)C)C3=O)cc1. The zero-order chi connectivity index (χ0) is 23.0. The highest BCUT2D eigenvalue weighted by Crippen LogP contribution is 2.31. The minimum atomic E-state index is -0.643. The number of benzene rings is 3. The monoisotopic (exact) mass is 427 g/mol. The molecule has 3 amide bonds. The average Bonchev–Trinajstić information content (AvgIpc) is 3.01. The first-order valence-corrected chi connectivity index (χ1v) is 10.4. The zero-order valence-corrected chi connectivity index (χ0v) is 18.5. The quantitative estimate of drug-likeness (QED) is 0.548. The molecule has 2 N–H and O–H groups in total. The van der Waals surface area contributed by atoms with E-state index in [0.717, 1.165) is 16.9 Å². The van der Waals surface area contributed by atoms with Crippen LogP contribution in [0, 0.1) is 6.92 Å². The van der Waals surface area contributed by atoms with Gasteiger partial charge in [-0.25, -0.2) is 0 Å². The minimum absolute atomic E-state index is 0.253. The minimum Gasteiger partial charge on any atom is -0.354 e. The Hall–Kier alpha value is -3.93. The Bertz CT molecular complexity index is 1220. The van der Waals surface area contributed by atoms with Crippen LogP contribution < -0.4 is 10.6 Å². The third-order valence-electron chi connectivity index (χ3n) is 5.33. The molecule has 0 unspecified atom stereocenters. The second-order valence-electron chi connectivity index (χ2n) is 8.87. The molecule has 3 aromatic carbocycles. The lowest BCUT2D eigenvalue weighted by atomic mass is 10.1. The predicted molar refractivity (Wildman–Crippen MR) is 126 cm³/mol. The van der Waals surface area contributed by atoms with E-state index in [9.17, 15) is 14.4 Å². The van der Waals surface area contributed by atoms with E-state index in [-0.39, 0.29) is 23.3 Å². The van der Waals surface area contributed by atoms with Crippen LogP contribution in [-0.4, -0.2) is 28.2 Å². The molecule has 162 valence electrons. The Balaban J connectivity index is 1.58. The summed E-state index contributed by atoms with van der Waals surface area (Å²) in [5, 5.41) is 6.22. The topological polar surface area (TPSA) is 78.5 Å². The molecule has 1 heterocycles. The number of carbonyl (C=O) groups is 3. The third kappa shape index (κ3) is 3.99. The molecule has 6 heteroatoms. The molecule has 0 saturated heterocycles. The van der Waals surface area contributed by atoms with E-state index >= 15 is 0 Å². The van der Waals surface area contributed by atoms with E-state index in [1.54, 1.807) is 39.0 Å². The van der Waals surface area contributed by atoms with Gasteiger partial charge < -0.3 is 10.6 Å². The molecule has 0 fully saturated rings. The van der Waals surface area contributed by atoms with Crippen LogP contribution in [0.3, 0.4) is 0 Å². The van der Waals surface area contributed by atoms with Crippen LogP contribution in [-0.2, 0) is 0 Å². The van der Waals surface area contributed by atoms with Gasteiger partial charge in [0.05, 0.1) is 22.5 Å². The summed E-state index contributed by atoms with van der Waals surface area (Å²) in [6.45, 7) is 7.44. The molecule has 1 aliphatic heterocycles. The van der Waals surface area contributed by atoms with Crippen LogP contribution in [0.1, 0.15) is 57.4 Å². The number of carbonyl (C=O) groups excluding carboxylic acids is 3. The van der Waals surface area contributed by atoms with E-state index in [1.807, 2.05) is 49.4 Å². The number of rotatable bonds is 4. The van der Waals surface area contributed by atoms with E-state index < -0.39 is 5.54 Å². The fourth-order valence-electron chi connectivity index (χ4n) is 3.68. The van der Waals surface area contributed by atoms with Crippen LogP contribution in [0.2, 0.25) is 0 Å². The van der Waals surface area contributed by atoms with Crippen LogP contribution >= 0.6 is 0 Å². The average molecular weight is 428 g/mol. The summed E-state index contributed by atoms with van der Waals surface area (Å²) < 4.78 is 0. The maximum atomic E-state index is 13.0. The highest BCUT2D eigenvalue weighted by molar-refractivity contribution is 6.22. The number of imide groups is 1. The van der Waals surface area contributed by atoms with Crippen LogP contribution in [0.25, 0.3) is 0 Å². The highest BCUT2D eigenvalue weighted by atomic mass is 16.2. The normalized spacial score (nSPS) is 13.2. The van der Waals surface area contributed by atoms with Crippen LogP contribution in [0.4, 0.5) is 17.1 Å². The molecule has 6 nitrogen and oxygen atoms in total. The number of hydrogen-bond donors (Lipinski definition) is 2. The van der Waals surface area contributed by atoms with Gasteiger partial charge in [0.1, 0.15) is 0 Å². The summed E-state index contributed by atoms with van der Waals surface area (Å²) in [7, 11) is 0. The third-order valence-corrected chi connectivity index (χ3v) is 5.33. The first kappa shape index (κ1) is 21.3. The second kappa shape index (κ2) is 7.96. The summed E-state index contributed by atoms with van der Waals surface area (Å²) in [6, 6.07) is 20.0. The molecule has 1 aliphatic rings. The van der Waals surface area contributed by atoms with Crippen molar-refractivity contribution in [2.24, 2.45) is 0 Å². The summed E-state index contributed by atoms with van der Waals surface area (Å²) in [5.41, 5.74) is 3.66. The maximum Gasteiger partial charge on any atom is 0.262 e.